The number of hydrogen-bond donors (Lipinski definition) is 1. The SMILES string of the molecule is CCn1ncc([N+](=O)[O-])c1C(=O)NCCCn1cccn1. The van der Waals surface area contributed by atoms with Crippen LogP contribution in [0.5, 0.6) is 0 Å². The molecule has 21 heavy (non-hydrogen) atoms. The Balaban J connectivity index is 1.93. The monoisotopic (exact) mass is 292 g/mol. The van der Waals surface area contributed by atoms with Gasteiger partial charge in [-0.25, -0.2) is 0 Å². The van der Waals surface area contributed by atoms with Crippen LogP contribution in [-0.2, 0) is 13.1 Å². The maximum absolute atomic E-state index is 12.1. The Morgan fingerprint density at radius 3 is 2.90 bits per heavy atom. The maximum Gasteiger partial charge on any atom is 0.320 e. The lowest BCUT2D eigenvalue weighted by Gasteiger charge is -2.06. The van der Waals surface area contributed by atoms with Crippen LogP contribution in [0.1, 0.15) is 23.8 Å². The molecule has 2 rings (SSSR count). The van der Waals surface area contributed by atoms with E-state index in [0.29, 0.717) is 26.1 Å². The third-order valence-electron chi connectivity index (χ3n) is 2.94. The van der Waals surface area contributed by atoms with Gasteiger partial charge < -0.3 is 5.32 Å². The molecule has 0 aliphatic rings. The first kappa shape index (κ1) is 14.7. The number of hydrogen-bond acceptors (Lipinski definition) is 5. The second-order valence-corrected chi connectivity index (χ2v) is 4.33. The number of carbonyl (C=O) groups excluding carboxylic acids is 1. The molecular formula is C12H16N6O3. The van der Waals surface area contributed by atoms with E-state index in [9.17, 15) is 14.9 Å². The van der Waals surface area contributed by atoms with E-state index in [0.717, 1.165) is 6.20 Å². The largest absolute Gasteiger partial charge is 0.350 e. The fourth-order valence-electron chi connectivity index (χ4n) is 1.94. The molecule has 9 heteroatoms. The molecule has 0 aliphatic heterocycles. The molecule has 112 valence electrons. The molecular weight excluding hydrogens is 276 g/mol. The van der Waals surface area contributed by atoms with Crippen LogP contribution in [0.15, 0.2) is 24.7 Å². The smallest absolute Gasteiger partial charge is 0.320 e. The third kappa shape index (κ3) is 3.44. The van der Waals surface area contributed by atoms with Crippen molar-refractivity contribution in [3.63, 3.8) is 0 Å². The lowest BCUT2D eigenvalue weighted by atomic mass is 10.3. The van der Waals surface area contributed by atoms with Crippen LogP contribution in [0.3, 0.4) is 0 Å². The van der Waals surface area contributed by atoms with Gasteiger partial charge in [0.15, 0.2) is 0 Å². The first-order valence-corrected chi connectivity index (χ1v) is 6.59. The van der Waals surface area contributed by atoms with Crippen molar-refractivity contribution in [3.05, 3.63) is 40.5 Å². The second-order valence-electron chi connectivity index (χ2n) is 4.33. The van der Waals surface area contributed by atoms with Crippen molar-refractivity contribution in [2.24, 2.45) is 0 Å². The molecule has 2 heterocycles. The summed E-state index contributed by atoms with van der Waals surface area (Å²) in [5, 5.41) is 21.5. The molecule has 0 unspecified atom stereocenters. The van der Waals surface area contributed by atoms with Gasteiger partial charge in [0, 0.05) is 32.0 Å². The summed E-state index contributed by atoms with van der Waals surface area (Å²) in [5.41, 5.74) is -0.289. The Kier molecular flexibility index (Phi) is 4.64. The lowest BCUT2D eigenvalue weighted by Crippen LogP contribution is -2.28. The maximum atomic E-state index is 12.1. The highest BCUT2D eigenvalue weighted by molar-refractivity contribution is 5.96. The summed E-state index contributed by atoms with van der Waals surface area (Å²) in [4.78, 5) is 22.4. The highest BCUT2D eigenvalue weighted by atomic mass is 16.6. The predicted octanol–water partition coefficient (Wildman–Crippen LogP) is 0.828. The van der Waals surface area contributed by atoms with Crippen LogP contribution in [0.4, 0.5) is 5.69 Å². The molecule has 2 aromatic rings. The topological polar surface area (TPSA) is 108 Å². The minimum absolute atomic E-state index is 0.0124. The zero-order valence-corrected chi connectivity index (χ0v) is 11.6. The van der Waals surface area contributed by atoms with Gasteiger partial charge in [0.25, 0.3) is 5.91 Å². The van der Waals surface area contributed by atoms with Crippen molar-refractivity contribution in [1.82, 2.24) is 24.9 Å². The van der Waals surface area contributed by atoms with Crippen molar-refractivity contribution in [3.8, 4) is 0 Å². The van der Waals surface area contributed by atoms with Crippen LogP contribution < -0.4 is 5.32 Å². The number of aryl methyl sites for hydroxylation is 2. The van der Waals surface area contributed by atoms with Crippen molar-refractivity contribution < 1.29 is 9.72 Å². The summed E-state index contributed by atoms with van der Waals surface area (Å²) in [6.07, 6.45) is 5.30. The van der Waals surface area contributed by atoms with Gasteiger partial charge >= 0.3 is 5.69 Å². The van der Waals surface area contributed by atoms with E-state index in [4.69, 9.17) is 0 Å². The summed E-state index contributed by atoms with van der Waals surface area (Å²) < 4.78 is 3.08. The van der Waals surface area contributed by atoms with Gasteiger partial charge in [0.2, 0.25) is 5.69 Å². The van der Waals surface area contributed by atoms with E-state index in [1.54, 1.807) is 17.8 Å². The van der Waals surface area contributed by atoms with E-state index < -0.39 is 10.8 Å². The van der Waals surface area contributed by atoms with E-state index in [-0.39, 0.29) is 11.4 Å². The average Bonchev–Trinajstić information content (AvgIpc) is 3.11. The number of carbonyl (C=O) groups is 1. The van der Waals surface area contributed by atoms with Crippen LogP contribution in [-0.4, -0.2) is 36.9 Å². The molecule has 0 saturated carbocycles. The summed E-state index contributed by atoms with van der Waals surface area (Å²) in [6, 6.07) is 1.82. The average molecular weight is 292 g/mol. The van der Waals surface area contributed by atoms with Gasteiger partial charge in [-0.1, -0.05) is 0 Å². The molecule has 0 fully saturated rings. The van der Waals surface area contributed by atoms with Crippen molar-refractivity contribution >= 4 is 11.6 Å². The summed E-state index contributed by atoms with van der Waals surface area (Å²) in [7, 11) is 0. The van der Waals surface area contributed by atoms with Gasteiger partial charge in [0.1, 0.15) is 6.20 Å². The summed E-state index contributed by atoms with van der Waals surface area (Å²) in [5.74, 6) is -0.485. The second kappa shape index (κ2) is 6.64. The highest BCUT2D eigenvalue weighted by Crippen LogP contribution is 2.17. The molecule has 0 atom stereocenters. The summed E-state index contributed by atoms with van der Waals surface area (Å²) >= 11 is 0. The number of nitrogens with one attached hydrogen (secondary N) is 1. The Bertz CT molecular complexity index is 619. The van der Waals surface area contributed by atoms with Crippen LogP contribution in [0, 0.1) is 10.1 Å². The van der Waals surface area contributed by atoms with Gasteiger partial charge in [-0.05, 0) is 19.4 Å². The number of amides is 1. The van der Waals surface area contributed by atoms with Gasteiger partial charge in [-0.3, -0.25) is 24.3 Å². The standard InChI is InChI=1S/C12H16N6O3/c1-2-17-11(10(9-15-17)18(20)21)12(19)13-5-3-7-16-8-4-6-14-16/h4,6,8-9H,2-3,5,7H2,1H3,(H,13,19). The normalized spacial score (nSPS) is 10.5. The molecule has 0 aliphatic carbocycles. The number of rotatable bonds is 7. The minimum Gasteiger partial charge on any atom is -0.350 e. The molecule has 9 nitrogen and oxygen atoms in total. The molecule has 0 aromatic carbocycles. The first-order valence-electron chi connectivity index (χ1n) is 6.59. The van der Waals surface area contributed by atoms with Gasteiger partial charge in [0.05, 0.1) is 4.92 Å². The lowest BCUT2D eigenvalue weighted by molar-refractivity contribution is -0.385. The zero-order chi connectivity index (χ0) is 15.2. The van der Waals surface area contributed by atoms with Crippen LogP contribution >= 0.6 is 0 Å². The van der Waals surface area contributed by atoms with E-state index in [2.05, 4.69) is 15.5 Å². The molecule has 0 radical (unpaired) electrons. The molecule has 2 aromatic heterocycles. The number of nitrogens with zero attached hydrogens (tertiary/aromatic N) is 5. The minimum atomic E-state index is -0.599. The number of nitro groups is 1. The van der Waals surface area contributed by atoms with E-state index in [1.807, 2.05) is 12.3 Å². The quantitative estimate of drug-likeness (QED) is 0.462. The Morgan fingerprint density at radius 2 is 2.29 bits per heavy atom. The van der Waals surface area contributed by atoms with Crippen LogP contribution in [0.25, 0.3) is 0 Å². The molecule has 1 N–H and O–H groups in total. The zero-order valence-electron chi connectivity index (χ0n) is 11.6. The highest BCUT2D eigenvalue weighted by Gasteiger charge is 2.25. The third-order valence-corrected chi connectivity index (χ3v) is 2.94. The fourth-order valence-corrected chi connectivity index (χ4v) is 1.94. The van der Waals surface area contributed by atoms with Crippen molar-refractivity contribution in [2.75, 3.05) is 6.54 Å². The Hall–Kier alpha value is -2.71. The Labute approximate surface area is 120 Å². The van der Waals surface area contributed by atoms with Gasteiger partial charge in [-0.15, -0.1) is 0 Å². The fraction of sp³-hybridized carbons (Fsp3) is 0.417. The molecule has 0 bridgehead atoms. The molecule has 1 amide bonds. The molecule has 0 saturated heterocycles. The first-order chi connectivity index (χ1) is 10.1. The van der Waals surface area contributed by atoms with Crippen molar-refractivity contribution in [2.45, 2.75) is 26.4 Å². The van der Waals surface area contributed by atoms with Crippen molar-refractivity contribution in [1.29, 1.82) is 0 Å². The van der Waals surface area contributed by atoms with E-state index >= 15 is 0 Å². The van der Waals surface area contributed by atoms with Crippen LogP contribution in [0.2, 0.25) is 0 Å². The predicted molar refractivity (Wildman–Crippen MR) is 73.7 cm³/mol. The van der Waals surface area contributed by atoms with E-state index in [1.165, 1.54) is 4.68 Å². The van der Waals surface area contributed by atoms with Gasteiger partial charge in [-0.2, -0.15) is 10.2 Å². The molecule has 0 spiro atoms. The summed E-state index contributed by atoms with van der Waals surface area (Å²) in [6.45, 7) is 3.24. The number of aromatic nitrogens is 4. The Morgan fingerprint density at radius 1 is 1.48 bits per heavy atom.